The zero-order chi connectivity index (χ0) is 13.1. The summed E-state index contributed by atoms with van der Waals surface area (Å²) < 4.78 is 2.25. The van der Waals surface area contributed by atoms with Crippen LogP contribution in [0.15, 0.2) is 23.5 Å². The summed E-state index contributed by atoms with van der Waals surface area (Å²) >= 11 is 1.69. The number of hydrogen-bond acceptors (Lipinski definition) is 5. The molecule has 0 saturated carbocycles. The number of thioether (sulfide) groups is 1. The SMILES string of the molecule is Nc1ncccc1CSc1nnc2n1CCCCC2. The van der Waals surface area contributed by atoms with Crippen LogP contribution in [-0.4, -0.2) is 19.7 Å². The molecule has 6 heteroatoms. The van der Waals surface area contributed by atoms with Gasteiger partial charge in [-0.3, -0.25) is 0 Å². The van der Waals surface area contributed by atoms with Crippen molar-refractivity contribution in [1.29, 1.82) is 0 Å². The Kier molecular flexibility index (Phi) is 3.68. The third-order valence-electron chi connectivity index (χ3n) is 3.36. The van der Waals surface area contributed by atoms with Crippen molar-refractivity contribution in [2.75, 3.05) is 5.73 Å². The minimum atomic E-state index is 0.602. The third-order valence-corrected chi connectivity index (χ3v) is 4.37. The van der Waals surface area contributed by atoms with E-state index in [9.17, 15) is 0 Å². The van der Waals surface area contributed by atoms with E-state index in [1.807, 2.05) is 12.1 Å². The summed E-state index contributed by atoms with van der Waals surface area (Å²) in [4.78, 5) is 4.10. The Labute approximate surface area is 116 Å². The number of aromatic nitrogens is 4. The van der Waals surface area contributed by atoms with Gasteiger partial charge in [0.05, 0.1) is 0 Å². The largest absolute Gasteiger partial charge is 0.383 e. The molecule has 0 fully saturated rings. The van der Waals surface area contributed by atoms with Gasteiger partial charge in [-0.1, -0.05) is 24.2 Å². The smallest absolute Gasteiger partial charge is 0.191 e. The van der Waals surface area contributed by atoms with E-state index in [-0.39, 0.29) is 0 Å². The average molecular weight is 275 g/mol. The molecule has 0 amide bonds. The summed E-state index contributed by atoms with van der Waals surface area (Å²) in [5.41, 5.74) is 6.91. The van der Waals surface area contributed by atoms with Gasteiger partial charge in [-0.05, 0) is 18.9 Å². The molecule has 5 nitrogen and oxygen atoms in total. The molecule has 0 saturated heterocycles. The van der Waals surface area contributed by atoms with Gasteiger partial charge in [0.25, 0.3) is 0 Å². The van der Waals surface area contributed by atoms with Crippen molar-refractivity contribution in [1.82, 2.24) is 19.7 Å². The van der Waals surface area contributed by atoms with Crippen molar-refractivity contribution in [3.8, 4) is 0 Å². The van der Waals surface area contributed by atoms with Crippen molar-refractivity contribution in [3.63, 3.8) is 0 Å². The van der Waals surface area contributed by atoms with E-state index in [1.54, 1.807) is 18.0 Å². The maximum Gasteiger partial charge on any atom is 0.191 e. The minimum absolute atomic E-state index is 0.602. The van der Waals surface area contributed by atoms with Gasteiger partial charge in [-0.15, -0.1) is 10.2 Å². The maximum atomic E-state index is 5.86. The van der Waals surface area contributed by atoms with E-state index in [2.05, 4.69) is 19.7 Å². The molecule has 19 heavy (non-hydrogen) atoms. The highest BCUT2D eigenvalue weighted by molar-refractivity contribution is 7.98. The van der Waals surface area contributed by atoms with Gasteiger partial charge in [0.1, 0.15) is 11.6 Å². The predicted molar refractivity (Wildman–Crippen MR) is 75.8 cm³/mol. The molecule has 3 rings (SSSR count). The molecule has 2 N–H and O–H groups in total. The molecule has 100 valence electrons. The molecule has 0 aliphatic carbocycles. The Morgan fingerprint density at radius 2 is 2.21 bits per heavy atom. The Morgan fingerprint density at radius 1 is 1.26 bits per heavy atom. The Bertz CT molecular complexity index is 566. The van der Waals surface area contributed by atoms with Crippen LogP contribution in [0.4, 0.5) is 5.82 Å². The van der Waals surface area contributed by atoms with Crippen LogP contribution >= 0.6 is 11.8 Å². The van der Waals surface area contributed by atoms with Crippen LogP contribution in [0, 0.1) is 0 Å². The first-order valence-corrected chi connectivity index (χ1v) is 7.57. The number of rotatable bonds is 3. The summed E-state index contributed by atoms with van der Waals surface area (Å²) in [5.74, 6) is 2.52. The van der Waals surface area contributed by atoms with Crippen molar-refractivity contribution in [2.24, 2.45) is 0 Å². The first-order chi connectivity index (χ1) is 9.34. The third kappa shape index (κ3) is 2.73. The normalized spacial score (nSPS) is 14.9. The number of nitrogens with zero attached hydrogens (tertiary/aromatic N) is 4. The number of fused-ring (bicyclic) bond motifs is 1. The molecule has 1 aliphatic heterocycles. The summed E-state index contributed by atoms with van der Waals surface area (Å²) in [6.07, 6.45) is 6.48. The Hall–Kier alpha value is -1.56. The van der Waals surface area contributed by atoms with E-state index < -0.39 is 0 Å². The van der Waals surface area contributed by atoms with Gasteiger partial charge in [-0.2, -0.15) is 0 Å². The summed E-state index contributed by atoms with van der Waals surface area (Å²) in [6.45, 7) is 1.03. The van der Waals surface area contributed by atoms with E-state index in [0.717, 1.165) is 35.3 Å². The molecule has 2 aromatic heterocycles. The highest BCUT2D eigenvalue weighted by Gasteiger charge is 2.15. The highest BCUT2D eigenvalue weighted by Crippen LogP contribution is 2.25. The van der Waals surface area contributed by atoms with Crippen molar-refractivity contribution in [3.05, 3.63) is 29.7 Å². The monoisotopic (exact) mass is 275 g/mol. The van der Waals surface area contributed by atoms with Gasteiger partial charge >= 0.3 is 0 Å². The van der Waals surface area contributed by atoms with E-state index in [1.165, 1.54) is 19.3 Å². The molecule has 3 heterocycles. The van der Waals surface area contributed by atoms with Crippen LogP contribution in [0.2, 0.25) is 0 Å². The quantitative estimate of drug-likeness (QED) is 0.870. The lowest BCUT2D eigenvalue weighted by atomic mass is 10.2. The van der Waals surface area contributed by atoms with Gasteiger partial charge in [-0.25, -0.2) is 4.98 Å². The van der Waals surface area contributed by atoms with Crippen LogP contribution in [0.1, 0.15) is 30.7 Å². The molecule has 0 spiro atoms. The molecule has 0 bridgehead atoms. The summed E-state index contributed by atoms with van der Waals surface area (Å²) in [7, 11) is 0. The maximum absolute atomic E-state index is 5.86. The minimum Gasteiger partial charge on any atom is -0.383 e. The molecule has 2 aromatic rings. The fourth-order valence-electron chi connectivity index (χ4n) is 2.28. The van der Waals surface area contributed by atoms with Crippen molar-refractivity contribution >= 4 is 17.6 Å². The zero-order valence-electron chi connectivity index (χ0n) is 10.7. The van der Waals surface area contributed by atoms with Gasteiger partial charge in [0.15, 0.2) is 5.16 Å². The molecule has 0 radical (unpaired) electrons. The molecule has 0 atom stereocenters. The lowest BCUT2D eigenvalue weighted by Gasteiger charge is -2.07. The van der Waals surface area contributed by atoms with Crippen LogP contribution in [0.5, 0.6) is 0 Å². The van der Waals surface area contributed by atoms with Gasteiger partial charge in [0, 0.05) is 30.5 Å². The van der Waals surface area contributed by atoms with Gasteiger partial charge < -0.3 is 10.3 Å². The predicted octanol–water partition coefficient (Wildman–Crippen LogP) is 2.27. The van der Waals surface area contributed by atoms with Crippen LogP contribution in [0.25, 0.3) is 0 Å². The van der Waals surface area contributed by atoms with E-state index in [4.69, 9.17) is 5.73 Å². The average Bonchev–Trinajstić information content (AvgIpc) is 2.66. The first kappa shape index (κ1) is 12.5. The number of pyridine rings is 1. The van der Waals surface area contributed by atoms with Crippen LogP contribution < -0.4 is 5.73 Å². The van der Waals surface area contributed by atoms with Crippen LogP contribution in [-0.2, 0) is 18.7 Å². The standard InChI is InChI=1S/C13H17N5S/c14-12-10(5-4-7-15-12)9-19-13-17-16-11-6-2-1-3-8-18(11)13/h4-5,7H,1-3,6,8-9H2,(H2,14,15). The summed E-state index contributed by atoms with van der Waals surface area (Å²) in [5, 5.41) is 9.60. The topological polar surface area (TPSA) is 69.6 Å². The number of nitrogens with two attached hydrogens (primary N) is 1. The second kappa shape index (κ2) is 5.61. The number of anilines is 1. The Balaban J connectivity index is 1.74. The fourth-order valence-corrected chi connectivity index (χ4v) is 3.26. The number of aryl methyl sites for hydroxylation is 1. The van der Waals surface area contributed by atoms with Crippen molar-refractivity contribution in [2.45, 2.75) is 43.1 Å². The second-order valence-corrected chi connectivity index (χ2v) is 5.64. The lowest BCUT2D eigenvalue weighted by Crippen LogP contribution is -2.02. The zero-order valence-corrected chi connectivity index (χ0v) is 11.6. The Morgan fingerprint density at radius 3 is 3.11 bits per heavy atom. The lowest BCUT2D eigenvalue weighted by molar-refractivity contribution is 0.591. The molecular formula is C13H17N5S. The number of hydrogen-bond donors (Lipinski definition) is 1. The highest BCUT2D eigenvalue weighted by atomic mass is 32.2. The molecule has 0 unspecified atom stereocenters. The fraction of sp³-hybridized carbons (Fsp3) is 0.462. The second-order valence-electron chi connectivity index (χ2n) is 4.70. The van der Waals surface area contributed by atoms with E-state index >= 15 is 0 Å². The first-order valence-electron chi connectivity index (χ1n) is 6.59. The van der Waals surface area contributed by atoms with Crippen molar-refractivity contribution < 1.29 is 0 Å². The molecule has 1 aliphatic rings. The van der Waals surface area contributed by atoms with Gasteiger partial charge in [0.2, 0.25) is 0 Å². The molecular weight excluding hydrogens is 258 g/mol. The molecule has 0 aromatic carbocycles. The van der Waals surface area contributed by atoms with Crippen LogP contribution in [0.3, 0.4) is 0 Å². The van der Waals surface area contributed by atoms with E-state index in [0.29, 0.717) is 5.82 Å². The number of nitrogen functional groups attached to an aromatic ring is 1. The summed E-state index contributed by atoms with van der Waals surface area (Å²) in [6, 6.07) is 3.92.